The van der Waals surface area contributed by atoms with E-state index >= 15 is 0 Å². The molecule has 1 saturated heterocycles. The lowest BCUT2D eigenvalue weighted by Gasteiger charge is -2.29. The predicted octanol–water partition coefficient (Wildman–Crippen LogP) is 1.14. The molecule has 2 bridgehead atoms. The molecule has 4 atom stereocenters. The zero-order valence-electron chi connectivity index (χ0n) is 6.45. The summed E-state index contributed by atoms with van der Waals surface area (Å²) in [5.74, 6) is 1.51. The Balaban J connectivity index is 1.90. The van der Waals surface area contributed by atoms with Gasteiger partial charge in [0.1, 0.15) is 6.10 Å². The smallest absolute Gasteiger partial charge is 0.167 e. The summed E-state index contributed by atoms with van der Waals surface area (Å²) in [6.07, 6.45) is 5.18. The van der Waals surface area contributed by atoms with Gasteiger partial charge in [-0.2, -0.15) is 0 Å². The number of ketones is 1. The summed E-state index contributed by atoms with van der Waals surface area (Å²) in [5, 5.41) is 0. The molecule has 0 spiro atoms. The van der Waals surface area contributed by atoms with Crippen molar-refractivity contribution in [1.82, 2.24) is 0 Å². The first-order chi connectivity index (χ1) is 5.36. The Bertz CT molecular complexity index is 212. The van der Waals surface area contributed by atoms with Crippen LogP contribution in [-0.4, -0.2) is 18.0 Å². The van der Waals surface area contributed by atoms with Crippen LogP contribution >= 0.6 is 0 Å². The van der Waals surface area contributed by atoms with Gasteiger partial charge in [0.15, 0.2) is 5.78 Å². The zero-order chi connectivity index (χ0) is 7.42. The van der Waals surface area contributed by atoms with Crippen molar-refractivity contribution >= 4 is 5.78 Å². The third-order valence-electron chi connectivity index (χ3n) is 3.39. The molecule has 0 aromatic heterocycles. The van der Waals surface area contributed by atoms with Gasteiger partial charge in [0, 0.05) is 5.92 Å². The summed E-state index contributed by atoms with van der Waals surface area (Å²) in [4.78, 5) is 11.5. The number of rotatable bonds is 0. The van der Waals surface area contributed by atoms with Crippen LogP contribution in [0.4, 0.5) is 0 Å². The largest absolute Gasteiger partial charge is 0.361 e. The number of hydrogen-bond acceptors (Lipinski definition) is 2. The normalized spacial score (nSPS) is 53.6. The topological polar surface area (TPSA) is 29.6 Å². The molecule has 3 rings (SSSR count). The first kappa shape index (κ1) is 6.18. The van der Waals surface area contributed by atoms with Gasteiger partial charge in [0.25, 0.3) is 0 Å². The van der Waals surface area contributed by atoms with Crippen LogP contribution in [0.3, 0.4) is 0 Å². The average Bonchev–Trinajstić information content (AvgIpc) is 2.81. The number of epoxide rings is 1. The van der Waals surface area contributed by atoms with E-state index in [1.165, 1.54) is 12.8 Å². The van der Waals surface area contributed by atoms with Gasteiger partial charge in [0.2, 0.25) is 0 Å². The van der Waals surface area contributed by atoms with Crippen molar-refractivity contribution in [2.75, 3.05) is 0 Å². The molecule has 11 heavy (non-hydrogen) atoms. The van der Waals surface area contributed by atoms with E-state index in [1.54, 1.807) is 0 Å². The van der Waals surface area contributed by atoms with E-state index in [1.807, 2.05) is 0 Å². The Labute approximate surface area is 65.9 Å². The second-order valence-corrected chi connectivity index (χ2v) is 4.05. The fourth-order valence-corrected chi connectivity index (χ4v) is 2.73. The van der Waals surface area contributed by atoms with E-state index in [0.717, 1.165) is 18.8 Å². The maximum atomic E-state index is 11.5. The van der Waals surface area contributed by atoms with Gasteiger partial charge in [-0.3, -0.25) is 4.79 Å². The minimum absolute atomic E-state index is 0.0408. The van der Waals surface area contributed by atoms with Gasteiger partial charge in [0.05, 0.1) is 6.10 Å². The Kier molecular flexibility index (Phi) is 1.05. The Morgan fingerprint density at radius 1 is 1.36 bits per heavy atom. The number of carbonyl (C=O) groups excluding carboxylic acids is 1. The number of fused-ring (bicyclic) bond motifs is 4. The summed E-state index contributed by atoms with van der Waals surface area (Å²) in [6.45, 7) is 0. The van der Waals surface area contributed by atoms with Crippen molar-refractivity contribution in [1.29, 1.82) is 0 Å². The van der Waals surface area contributed by atoms with Crippen molar-refractivity contribution in [2.45, 2.75) is 37.9 Å². The third kappa shape index (κ3) is 0.734. The second-order valence-electron chi connectivity index (χ2n) is 4.05. The number of ether oxygens (including phenoxy) is 1. The summed E-state index contributed by atoms with van der Waals surface area (Å²) in [5.41, 5.74) is 0. The zero-order valence-corrected chi connectivity index (χ0v) is 6.45. The summed E-state index contributed by atoms with van der Waals surface area (Å²) >= 11 is 0. The van der Waals surface area contributed by atoms with Crippen molar-refractivity contribution in [2.24, 2.45) is 11.8 Å². The van der Waals surface area contributed by atoms with Gasteiger partial charge in [-0.1, -0.05) is 6.42 Å². The molecule has 3 fully saturated rings. The van der Waals surface area contributed by atoms with E-state index in [9.17, 15) is 4.79 Å². The molecule has 0 amide bonds. The molecule has 2 saturated carbocycles. The SMILES string of the molecule is O=C1C2CCCC(C2)C2OC12. The monoisotopic (exact) mass is 152 g/mol. The molecule has 0 N–H and O–H groups in total. The molecule has 3 aliphatic rings. The predicted molar refractivity (Wildman–Crippen MR) is 39.1 cm³/mol. The minimum atomic E-state index is 0.0408. The van der Waals surface area contributed by atoms with Crippen LogP contribution in [0.2, 0.25) is 0 Å². The van der Waals surface area contributed by atoms with Gasteiger partial charge in [-0.05, 0) is 25.2 Å². The van der Waals surface area contributed by atoms with E-state index < -0.39 is 0 Å². The van der Waals surface area contributed by atoms with Crippen LogP contribution in [0.1, 0.15) is 25.7 Å². The van der Waals surface area contributed by atoms with Crippen LogP contribution in [0.5, 0.6) is 0 Å². The van der Waals surface area contributed by atoms with Gasteiger partial charge in [-0.25, -0.2) is 0 Å². The molecule has 0 radical (unpaired) electrons. The number of hydrogen-bond donors (Lipinski definition) is 0. The quantitative estimate of drug-likeness (QED) is 0.487. The Hall–Kier alpha value is -0.370. The molecule has 1 aliphatic heterocycles. The molecule has 0 aromatic rings. The van der Waals surface area contributed by atoms with Crippen LogP contribution < -0.4 is 0 Å². The summed E-state index contributed by atoms with van der Waals surface area (Å²) in [7, 11) is 0. The van der Waals surface area contributed by atoms with Crippen molar-refractivity contribution in [3.63, 3.8) is 0 Å². The van der Waals surface area contributed by atoms with Crippen LogP contribution in [0, 0.1) is 11.8 Å². The molecule has 1 heterocycles. The maximum absolute atomic E-state index is 11.5. The first-order valence-electron chi connectivity index (χ1n) is 4.55. The van der Waals surface area contributed by atoms with Crippen molar-refractivity contribution in [3.8, 4) is 0 Å². The molecule has 0 aromatic carbocycles. The van der Waals surface area contributed by atoms with Crippen molar-refractivity contribution in [3.05, 3.63) is 0 Å². The van der Waals surface area contributed by atoms with E-state index in [4.69, 9.17) is 4.74 Å². The lowest BCUT2D eigenvalue weighted by molar-refractivity contribution is -0.126. The van der Waals surface area contributed by atoms with Crippen LogP contribution in [0.25, 0.3) is 0 Å². The standard InChI is InChI=1S/C9H12O2/c10-7-5-2-1-3-6(4-5)8-9(7)11-8/h5-6,8-9H,1-4H2. The highest BCUT2D eigenvalue weighted by atomic mass is 16.6. The van der Waals surface area contributed by atoms with Crippen LogP contribution in [0.15, 0.2) is 0 Å². The Morgan fingerprint density at radius 3 is 3.18 bits per heavy atom. The average molecular weight is 152 g/mol. The lowest BCUT2D eigenvalue weighted by Crippen LogP contribution is -2.35. The third-order valence-corrected chi connectivity index (χ3v) is 3.39. The molecule has 2 heteroatoms. The van der Waals surface area contributed by atoms with Crippen molar-refractivity contribution < 1.29 is 9.53 Å². The minimum Gasteiger partial charge on any atom is -0.361 e. The second kappa shape index (κ2) is 1.86. The molecular weight excluding hydrogens is 140 g/mol. The number of carbonyl (C=O) groups is 1. The van der Waals surface area contributed by atoms with Gasteiger partial charge < -0.3 is 4.74 Å². The van der Waals surface area contributed by atoms with E-state index in [0.29, 0.717) is 17.8 Å². The molecule has 2 aliphatic carbocycles. The fraction of sp³-hybridized carbons (Fsp3) is 0.889. The Morgan fingerprint density at radius 2 is 2.27 bits per heavy atom. The fourth-order valence-electron chi connectivity index (χ4n) is 2.73. The number of Topliss-reactive ketones (excluding diaryl/α,β-unsaturated/α-hetero) is 1. The highest BCUT2D eigenvalue weighted by molar-refractivity contribution is 5.89. The molecule has 60 valence electrons. The van der Waals surface area contributed by atoms with Gasteiger partial charge in [-0.15, -0.1) is 0 Å². The van der Waals surface area contributed by atoms with E-state index in [2.05, 4.69) is 0 Å². The summed E-state index contributed by atoms with van der Waals surface area (Å²) in [6, 6.07) is 0. The van der Waals surface area contributed by atoms with Gasteiger partial charge >= 0.3 is 0 Å². The van der Waals surface area contributed by atoms with E-state index in [-0.39, 0.29) is 6.10 Å². The summed E-state index contributed by atoms with van der Waals surface area (Å²) < 4.78 is 5.35. The molecular formula is C9H12O2. The molecule has 4 unspecified atom stereocenters. The molecule has 2 nitrogen and oxygen atoms in total. The highest BCUT2D eigenvalue weighted by Crippen LogP contribution is 2.47. The highest BCUT2D eigenvalue weighted by Gasteiger charge is 2.56. The first-order valence-corrected chi connectivity index (χ1v) is 4.55. The lowest BCUT2D eigenvalue weighted by atomic mass is 9.72. The van der Waals surface area contributed by atoms with Crippen LogP contribution in [-0.2, 0) is 9.53 Å². The maximum Gasteiger partial charge on any atom is 0.167 e.